The van der Waals surface area contributed by atoms with E-state index in [0.29, 0.717) is 28.1 Å². The van der Waals surface area contributed by atoms with Crippen LogP contribution in [-0.4, -0.2) is 9.13 Å². The second kappa shape index (κ2) is 16.0. The van der Waals surface area contributed by atoms with Gasteiger partial charge in [0.1, 0.15) is 0 Å². The molecule has 9 aromatic carbocycles. The van der Waals surface area contributed by atoms with Crippen molar-refractivity contribution in [2.24, 2.45) is 0 Å². The molecule has 2 aromatic heterocycles. The number of nitriles is 2. The Morgan fingerprint density at radius 3 is 1.44 bits per heavy atom. The molecule has 2 heterocycles. The summed E-state index contributed by atoms with van der Waals surface area (Å²) in [4.78, 5) is 0. The maximum Gasteiger partial charge on any atom is 0.417 e. The molecule has 4 nitrogen and oxygen atoms in total. The maximum atomic E-state index is 15.0. The average Bonchev–Trinajstić information content (AvgIpc) is 3.84. The summed E-state index contributed by atoms with van der Waals surface area (Å²) in [6, 6.07) is 61.3. The highest BCUT2D eigenvalue weighted by Gasteiger charge is 2.34. The molecule has 0 unspecified atom stereocenters. The number of alkyl halides is 3. The van der Waals surface area contributed by atoms with E-state index in [4.69, 9.17) is 0 Å². The Morgan fingerprint density at radius 2 is 0.912 bits per heavy atom. The van der Waals surface area contributed by atoms with Gasteiger partial charge in [-0.2, -0.15) is 23.7 Å². The average molecular weight is 887 g/mol. The molecule has 0 aliphatic rings. The van der Waals surface area contributed by atoms with Gasteiger partial charge in [-0.3, -0.25) is 0 Å². The van der Waals surface area contributed by atoms with E-state index < -0.39 is 11.7 Å². The smallest absolute Gasteiger partial charge is 0.309 e. The predicted octanol–water partition coefficient (Wildman–Crippen LogP) is 16.5. The molecule has 0 aliphatic heterocycles. The first-order chi connectivity index (χ1) is 32.9. The van der Waals surface area contributed by atoms with Gasteiger partial charge in [0.15, 0.2) is 0 Å². The minimum Gasteiger partial charge on any atom is -0.309 e. The molecule has 0 atom stereocenters. The molecule has 7 heteroatoms. The molecule has 0 N–H and O–H groups in total. The van der Waals surface area contributed by atoms with Gasteiger partial charge >= 0.3 is 6.18 Å². The fourth-order valence-corrected chi connectivity index (χ4v) is 10.4. The number of fused-ring (bicyclic) bond motifs is 6. The lowest BCUT2D eigenvalue weighted by Crippen LogP contribution is -2.08. The Labute approximate surface area is 391 Å². The van der Waals surface area contributed by atoms with Crippen LogP contribution in [0.5, 0.6) is 0 Å². The number of para-hydroxylation sites is 2. The van der Waals surface area contributed by atoms with E-state index in [2.05, 4.69) is 140 Å². The van der Waals surface area contributed by atoms with Gasteiger partial charge in [0.25, 0.3) is 0 Å². The number of halogens is 3. The molecule has 11 rings (SSSR count). The summed E-state index contributed by atoms with van der Waals surface area (Å²) < 4.78 is 49.4. The van der Waals surface area contributed by atoms with Gasteiger partial charge < -0.3 is 9.13 Å². The SMILES string of the molecule is Cc1cc(C)cc(-c2ccc3c(c2)c2ccccc2n3-c2ccc(-c3ccc(C#N)cc3C(F)(F)F)cc2-c2c(C#N)cccc2-n2c3ccccc3c3cc(-c4cc(C)cc(C)c4)ccc32)c1. The zero-order chi connectivity index (χ0) is 47.0. The second-order valence-corrected chi connectivity index (χ2v) is 17.8. The quantitative estimate of drug-likeness (QED) is 0.167. The van der Waals surface area contributed by atoms with E-state index in [1.54, 1.807) is 18.2 Å². The molecule has 0 bridgehead atoms. The highest BCUT2D eigenvalue weighted by molar-refractivity contribution is 6.13. The first kappa shape index (κ1) is 42.0. The first-order valence-corrected chi connectivity index (χ1v) is 22.4. The summed E-state index contributed by atoms with van der Waals surface area (Å²) in [5, 5.41) is 24.9. The third kappa shape index (κ3) is 6.99. The van der Waals surface area contributed by atoms with Crippen LogP contribution < -0.4 is 0 Å². The Kier molecular flexibility index (Phi) is 9.92. The largest absolute Gasteiger partial charge is 0.417 e. The summed E-state index contributed by atoms with van der Waals surface area (Å²) in [5.74, 6) is 0. The Balaban J connectivity index is 1.23. The molecule has 0 saturated carbocycles. The monoisotopic (exact) mass is 886 g/mol. The third-order valence-electron chi connectivity index (χ3n) is 13.1. The summed E-state index contributed by atoms with van der Waals surface area (Å²) >= 11 is 0. The second-order valence-electron chi connectivity index (χ2n) is 17.8. The van der Waals surface area contributed by atoms with Crippen LogP contribution in [0.2, 0.25) is 0 Å². The molecule has 0 saturated heterocycles. The van der Waals surface area contributed by atoms with E-state index >= 15 is 13.2 Å². The zero-order valence-corrected chi connectivity index (χ0v) is 37.7. The van der Waals surface area contributed by atoms with E-state index in [-0.39, 0.29) is 16.7 Å². The Hall–Kier alpha value is -8.65. The number of benzene rings is 9. The minimum absolute atomic E-state index is 0.0728. The van der Waals surface area contributed by atoms with Gasteiger partial charge in [-0.15, -0.1) is 0 Å². The summed E-state index contributed by atoms with van der Waals surface area (Å²) in [6.45, 7) is 8.39. The van der Waals surface area contributed by atoms with E-state index in [0.717, 1.165) is 71.9 Å². The summed E-state index contributed by atoms with van der Waals surface area (Å²) in [5.41, 5.74) is 14.7. The topological polar surface area (TPSA) is 57.4 Å². The summed E-state index contributed by atoms with van der Waals surface area (Å²) in [7, 11) is 0. The van der Waals surface area contributed by atoms with Crippen LogP contribution in [0.15, 0.2) is 176 Å². The number of aryl methyl sites for hydroxylation is 4. The van der Waals surface area contributed by atoms with Crippen LogP contribution in [-0.2, 0) is 6.18 Å². The van der Waals surface area contributed by atoms with Crippen molar-refractivity contribution in [1.29, 1.82) is 10.5 Å². The molecular weight excluding hydrogens is 846 g/mol. The van der Waals surface area contributed by atoms with Crippen molar-refractivity contribution in [2.75, 3.05) is 0 Å². The van der Waals surface area contributed by atoms with Gasteiger partial charge in [-0.25, -0.2) is 0 Å². The number of hydrogen-bond acceptors (Lipinski definition) is 2. The molecule has 0 fully saturated rings. The minimum atomic E-state index is -4.75. The van der Waals surface area contributed by atoms with Crippen molar-refractivity contribution in [3.05, 3.63) is 215 Å². The standard InChI is InChI=1S/C61H41F3N4/c1-36-24-37(2)27-45(26-36)41-17-21-56-50(31-41)48-11-5-7-13-54(48)67(56)58-23-19-43(47-20-16-40(34-65)30-53(47)61(62,63)64)33-52(58)60-44(35-66)10-9-15-59(60)68-55-14-8-6-12-49(55)51-32-42(18-22-57(51)68)46-28-38(3)25-39(4)29-46/h5-33H,1-4H3. The van der Waals surface area contributed by atoms with E-state index in [1.165, 1.54) is 34.4 Å². The van der Waals surface area contributed by atoms with Crippen LogP contribution in [0.3, 0.4) is 0 Å². The van der Waals surface area contributed by atoms with Crippen molar-refractivity contribution < 1.29 is 13.2 Å². The van der Waals surface area contributed by atoms with Gasteiger partial charge in [0.2, 0.25) is 0 Å². The van der Waals surface area contributed by atoms with Gasteiger partial charge in [-0.1, -0.05) is 125 Å². The van der Waals surface area contributed by atoms with Crippen LogP contribution in [0.4, 0.5) is 13.2 Å². The highest BCUT2D eigenvalue weighted by atomic mass is 19.4. The number of hydrogen-bond donors (Lipinski definition) is 0. The molecule has 11 aromatic rings. The molecule has 0 radical (unpaired) electrons. The number of aromatic nitrogens is 2. The predicted molar refractivity (Wildman–Crippen MR) is 270 cm³/mol. The fourth-order valence-electron chi connectivity index (χ4n) is 10.4. The molecule has 0 aliphatic carbocycles. The van der Waals surface area contributed by atoms with Crippen LogP contribution in [0.25, 0.3) is 99.5 Å². The van der Waals surface area contributed by atoms with Crippen LogP contribution >= 0.6 is 0 Å². The van der Waals surface area contributed by atoms with Crippen molar-refractivity contribution in [2.45, 2.75) is 33.9 Å². The van der Waals surface area contributed by atoms with Crippen LogP contribution in [0, 0.1) is 50.4 Å². The lowest BCUT2D eigenvalue weighted by Gasteiger charge is -2.21. The van der Waals surface area contributed by atoms with Gasteiger partial charge in [0, 0.05) is 32.7 Å². The molecule has 0 amide bonds. The normalized spacial score (nSPS) is 11.7. The maximum absolute atomic E-state index is 15.0. The van der Waals surface area contributed by atoms with E-state index in [1.807, 2.05) is 48.5 Å². The zero-order valence-electron chi connectivity index (χ0n) is 37.7. The third-order valence-corrected chi connectivity index (χ3v) is 13.1. The number of rotatable bonds is 6. The van der Waals surface area contributed by atoms with Crippen molar-refractivity contribution in [1.82, 2.24) is 9.13 Å². The van der Waals surface area contributed by atoms with Gasteiger partial charge in [0.05, 0.1) is 62.3 Å². The molecule has 326 valence electrons. The molecule has 0 spiro atoms. The lowest BCUT2D eigenvalue weighted by molar-refractivity contribution is -0.137. The number of nitrogens with zero attached hydrogens (tertiary/aromatic N) is 4. The van der Waals surface area contributed by atoms with Gasteiger partial charge in [-0.05, 0) is 134 Å². The molecule has 68 heavy (non-hydrogen) atoms. The van der Waals surface area contributed by atoms with Crippen molar-refractivity contribution >= 4 is 43.6 Å². The Morgan fingerprint density at radius 1 is 0.397 bits per heavy atom. The highest BCUT2D eigenvalue weighted by Crippen LogP contribution is 2.46. The van der Waals surface area contributed by atoms with Crippen molar-refractivity contribution in [3.63, 3.8) is 0 Å². The summed E-state index contributed by atoms with van der Waals surface area (Å²) in [6.07, 6.45) is -4.75. The Bertz CT molecular complexity index is 3940. The first-order valence-electron chi connectivity index (χ1n) is 22.4. The molecular formula is C61H41F3N4. The fraction of sp³-hybridized carbons (Fsp3) is 0.0820. The lowest BCUT2D eigenvalue weighted by atomic mass is 9.90. The van der Waals surface area contributed by atoms with E-state index in [9.17, 15) is 10.5 Å². The van der Waals surface area contributed by atoms with Crippen molar-refractivity contribution in [3.8, 4) is 68.0 Å². The van der Waals surface area contributed by atoms with Crippen LogP contribution in [0.1, 0.15) is 38.9 Å².